The number of aromatic nitrogens is 1. The zero-order valence-corrected chi connectivity index (χ0v) is 24.4. The van der Waals surface area contributed by atoms with E-state index in [0.29, 0.717) is 32.1 Å². The van der Waals surface area contributed by atoms with E-state index in [1.54, 1.807) is 0 Å². The van der Waals surface area contributed by atoms with Crippen LogP contribution in [0.3, 0.4) is 0 Å². The number of pyridine rings is 1. The van der Waals surface area contributed by atoms with Crippen LogP contribution in [0, 0.1) is 0 Å². The first kappa shape index (κ1) is 30.1. The predicted molar refractivity (Wildman–Crippen MR) is 162 cm³/mol. The average Bonchev–Trinajstić information content (AvgIpc) is 2.93. The standard InChI is InChI=1S/C34H45NO4/c1-6-8-21-35-31-24-29(37-22-9-7-2)18-19-30(31)32(39-25-28-16-11-10-12-17-28)33(34(35)36)38-23-20-27(5)15-13-14-26(3)4/h10-12,14,16-20,24H,6-9,13,15,21-23,25H2,1-5H3/b27-20+. The highest BCUT2D eigenvalue weighted by atomic mass is 16.5. The van der Waals surface area contributed by atoms with Crippen LogP contribution in [-0.4, -0.2) is 17.8 Å². The maximum Gasteiger partial charge on any atom is 0.297 e. The van der Waals surface area contributed by atoms with E-state index in [9.17, 15) is 4.79 Å². The predicted octanol–water partition coefficient (Wildman–Crippen LogP) is 8.63. The van der Waals surface area contributed by atoms with Gasteiger partial charge in [0.1, 0.15) is 19.0 Å². The number of unbranched alkanes of at least 4 members (excludes halogenated alkanes) is 2. The molecule has 0 aliphatic carbocycles. The first-order valence-electron chi connectivity index (χ1n) is 14.4. The smallest absolute Gasteiger partial charge is 0.297 e. The molecule has 0 atom stereocenters. The number of ether oxygens (including phenoxy) is 3. The topological polar surface area (TPSA) is 49.7 Å². The third kappa shape index (κ3) is 9.05. The van der Waals surface area contributed by atoms with Crippen LogP contribution in [0.2, 0.25) is 0 Å². The van der Waals surface area contributed by atoms with E-state index >= 15 is 0 Å². The molecule has 0 saturated heterocycles. The molecule has 1 aromatic heterocycles. The molecule has 3 rings (SSSR count). The summed E-state index contributed by atoms with van der Waals surface area (Å²) in [6.07, 6.45) is 10.2. The normalized spacial score (nSPS) is 11.5. The van der Waals surface area contributed by atoms with Crippen LogP contribution in [-0.2, 0) is 13.2 Å². The molecule has 210 valence electrons. The molecule has 5 nitrogen and oxygen atoms in total. The molecule has 0 unspecified atom stereocenters. The number of hydrogen-bond donors (Lipinski definition) is 0. The Kier molecular flexibility index (Phi) is 12.2. The lowest BCUT2D eigenvalue weighted by molar-refractivity contribution is 0.274. The summed E-state index contributed by atoms with van der Waals surface area (Å²) in [7, 11) is 0. The quantitative estimate of drug-likeness (QED) is 0.137. The fraction of sp³-hybridized carbons (Fsp3) is 0.441. The Morgan fingerprint density at radius 2 is 1.64 bits per heavy atom. The molecule has 3 aromatic rings. The maximum atomic E-state index is 13.9. The first-order chi connectivity index (χ1) is 18.9. The summed E-state index contributed by atoms with van der Waals surface area (Å²) in [5.74, 6) is 1.52. The number of rotatable bonds is 16. The lowest BCUT2D eigenvalue weighted by Crippen LogP contribution is -2.24. The van der Waals surface area contributed by atoms with Gasteiger partial charge in [0.15, 0.2) is 5.75 Å². The molecule has 0 radical (unpaired) electrons. The van der Waals surface area contributed by atoms with E-state index in [0.717, 1.165) is 60.7 Å². The molecule has 0 amide bonds. The fourth-order valence-electron chi connectivity index (χ4n) is 4.30. The largest absolute Gasteiger partial charge is 0.494 e. The Morgan fingerprint density at radius 3 is 2.36 bits per heavy atom. The van der Waals surface area contributed by atoms with E-state index in [-0.39, 0.29) is 11.3 Å². The van der Waals surface area contributed by atoms with E-state index in [1.807, 2.05) is 53.1 Å². The number of aryl methyl sites for hydroxylation is 1. The molecule has 0 bridgehead atoms. The van der Waals surface area contributed by atoms with Crippen LogP contribution in [0.5, 0.6) is 17.2 Å². The molecule has 0 aliphatic rings. The van der Waals surface area contributed by atoms with Crippen molar-refractivity contribution in [2.24, 2.45) is 0 Å². The third-order valence-electron chi connectivity index (χ3n) is 6.63. The number of allylic oxidation sites excluding steroid dienone is 3. The Morgan fingerprint density at radius 1 is 0.872 bits per heavy atom. The first-order valence-corrected chi connectivity index (χ1v) is 14.4. The second kappa shape index (κ2) is 15.8. The lowest BCUT2D eigenvalue weighted by Gasteiger charge is -2.19. The van der Waals surface area contributed by atoms with Crippen molar-refractivity contribution in [2.75, 3.05) is 13.2 Å². The summed E-state index contributed by atoms with van der Waals surface area (Å²) in [5, 5.41) is 0.851. The maximum absolute atomic E-state index is 13.9. The van der Waals surface area contributed by atoms with Crippen LogP contribution >= 0.6 is 0 Å². The van der Waals surface area contributed by atoms with Gasteiger partial charge in [-0.3, -0.25) is 4.79 Å². The second-order valence-electron chi connectivity index (χ2n) is 10.3. The molecule has 0 spiro atoms. The zero-order chi connectivity index (χ0) is 28.0. The monoisotopic (exact) mass is 531 g/mol. The van der Waals surface area contributed by atoms with Crippen molar-refractivity contribution in [3.8, 4) is 17.2 Å². The molecular weight excluding hydrogens is 486 g/mol. The minimum atomic E-state index is -0.166. The average molecular weight is 532 g/mol. The summed E-state index contributed by atoms with van der Waals surface area (Å²) in [5.41, 5.74) is 4.23. The number of fused-ring (bicyclic) bond motifs is 1. The highest BCUT2D eigenvalue weighted by Gasteiger charge is 2.20. The van der Waals surface area contributed by atoms with Gasteiger partial charge in [0.25, 0.3) is 5.56 Å². The highest BCUT2D eigenvalue weighted by Crippen LogP contribution is 2.35. The van der Waals surface area contributed by atoms with Gasteiger partial charge in [0.05, 0.1) is 12.1 Å². The summed E-state index contributed by atoms with van der Waals surface area (Å²) in [4.78, 5) is 13.9. The van der Waals surface area contributed by atoms with E-state index in [1.165, 1.54) is 11.1 Å². The molecule has 39 heavy (non-hydrogen) atoms. The molecule has 5 heteroatoms. The Hall–Kier alpha value is -3.47. The van der Waals surface area contributed by atoms with Crippen LogP contribution in [0.25, 0.3) is 10.9 Å². The minimum absolute atomic E-state index is 0.166. The lowest BCUT2D eigenvalue weighted by atomic mass is 10.1. The summed E-state index contributed by atoms with van der Waals surface area (Å²) < 4.78 is 20.4. The van der Waals surface area contributed by atoms with E-state index in [2.05, 4.69) is 46.8 Å². The van der Waals surface area contributed by atoms with Gasteiger partial charge < -0.3 is 18.8 Å². The van der Waals surface area contributed by atoms with Gasteiger partial charge in [-0.1, -0.05) is 74.2 Å². The van der Waals surface area contributed by atoms with Crippen molar-refractivity contribution in [1.29, 1.82) is 0 Å². The van der Waals surface area contributed by atoms with Crippen molar-refractivity contribution in [3.05, 3.63) is 87.7 Å². The van der Waals surface area contributed by atoms with Gasteiger partial charge in [0.2, 0.25) is 5.75 Å². The van der Waals surface area contributed by atoms with Crippen LogP contribution in [0.1, 0.15) is 78.7 Å². The summed E-state index contributed by atoms with van der Waals surface area (Å²) >= 11 is 0. The van der Waals surface area contributed by atoms with E-state index < -0.39 is 0 Å². The van der Waals surface area contributed by atoms with Crippen LogP contribution < -0.4 is 19.8 Å². The Balaban J connectivity index is 2.02. The Bertz CT molecular complexity index is 1300. The number of nitrogens with zero attached hydrogens (tertiary/aromatic N) is 1. The van der Waals surface area contributed by atoms with Gasteiger partial charge in [-0.2, -0.15) is 0 Å². The molecule has 0 saturated carbocycles. The van der Waals surface area contributed by atoms with Gasteiger partial charge in [-0.25, -0.2) is 0 Å². The molecule has 2 aromatic carbocycles. The molecular formula is C34H45NO4. The minimum Gasteiger partial charge on any atom is -0.494 e. The van der Waals surface area contributed by atoms with Crippen LogP contribution in [0.4, 0.5) is 0 Å². The van der Waals surface area contributed by atoms with E-state index in [4.69, 9.17) is 14.2 Å². The number of hydrogen-bond acceptors (Lipinski definition) is 4. The van der Waals surface area contributed by atoms with Crippen molar-refractivity contribution < 1.29 is 14.2 Å². The molecule has 0 aliphatic heterocycles. The summed E-state index contributed by atoms with van der Waals surface area (Å²) in [6, 6.07) is 15.9. The summed E-state index contributed by atoms with van der Waals surface area (Å²) in [6.45, 7) is 12.5. The van der Waals surface area contributed by atoms with Crippen LogP contribution in [0.15, 0.2) is 76.6 Å². The molecule has 1 heterocycles. The van der Waals surface area contributed by atoms with Gasteiger partial charge in [0, 0.05) is 18.0 Å². The Labute approximate surface area is 234 Å². The van der Waals surface area contributed by atoms with Crippen molar-refractivity contribution in [2.45, 2.75) is 86.3 Å². The second-order valence-corrected chi connectivity index (χ2v) is 10.3. The molecule has 0 N–H and O–H groups in total. The van der Waals surface area contributed by atoms with Gasteiger partial charge >= 0.3 is 0 Å². The third-order valence-corrected chi connectivity index (χ3v) is 6.63. The highest BCUT2D eigenvalue weighted by molar-refractivity contribution is 5.89. The SMILES string of the molecule is CCCCOc1ccc2c(OCc3ccccc3)c(OC/C=C(\C)CCC=C(C)C)c(=O)n(CCCC)c2c1. The van der Waals surface area contributed by atoms with Crippen molar-refractivity contribution >= 4 is 10.9 Å². The zero-order valence-electron chi connectivity index (χ0n) is 24.4. The number of benzene rings is 2. The van der Waals surface area contributed by atoms with Crippen molar-refractivity contribution in [1.82, 2.24) is 4.57 Å². The van der Waals surface area contributed by atoms with Crippen molar-refractivity contribution in [3.63, 3.8) is 0 Å². The fourth-order valence-corrected chi connectivity index (χ4v) is 4.30. The molecule has 0 fully saturated rings. The van der Waals surface area contributed by atoms with Gasteiger partial charge in [-0.15, -0.1) is 0 Å². The van der Waals surface area contributed by atoms with Gasteiger partial charge in [-0.05, 0) is 70.2 Å².